The van der Waals surface area contributed by atoms with Gasteiger partial charge >= 0.3 is 0 Å². The summed E-state index contributed by atoms with van der Waals surface area (Å²) >= 11 is 1.09. The summed E-state index contributed by atoms with van der Waals surface area (Å²) in [6, 6.07) is 17.8. The van der Waals surface area contributed by atoms with E-state index in [4.69, 9.17) is 4.74 Å². The van der Waals surface area contributed by atoms with E-state index in [2.05, 4.69) is 10.3 Å². The van der Waals surface area contributed by atoms with Gasteiger partial charge in [-0.15, -0.1) is 0 Å². The lowest BCUT2D eigenvalue weighted by atomic mass is 10.0. The zero-order valence-corrected chi connectivity index (χ0v) is 16.8. The van der Waals surface area contributed by atoms with Gasteiger partial charge in [-0.05, 0) is 40.7 Å². The molecule has 150 valence electrons. The van der Waals surface area contributed by atoms with Crippen LogP contribution in [0, 0.1) is 5.82 Å². The number of fused-ring (bicyclic) bond motifs is 1. The molecule has 7 heteroatoms. The molecule has 0 atom stereocenters. The van der Waals surface area contributed by atoms with Gasteiger partial charge in [-0.1, -0.05) is 48.5 Å². The van der Waals surface area contributed by atoms with Gasteiger partial charge in [0.05, 0.1) is 4.91 Å². The molecular weight excluding hydrogens is 403 g/mol. The highest BCUT2D eigenvalue weighted by molar-refractivity contribution is 8.18. The fourth-order valence-electron chi connectivity index (χ4n) is 3.07. The van der Waals surface area contributed by atoms with Crippen LogP contribution in [-0.2, 0) is 16.2 Å². The number of nitrogens with one attached hydrogen (secondary N) is 1. The van der Waals surface area contributed by atoms with Crippen LogP contribution in [0.4, 0.5) is 4.39 Å². The molecule has 0 spiro atoms. The zero-order chi connectivity index (χ0) is 21.1. The maximum Gasteiger partial charge on any atom is 0.286 e. The van der Waals surface area contributed by atoms with E-state index in [1.807, 2.05) is 30.3 Å². The summed E-state index contributed by atoms with van der Waals surface area (Å²) in [6.07, 6.45) is 1.70. The Morgan fingerprint density at radius 2 is 1.90 bits per heavy atom. The molecule has 0 unspecified atom stereocenters. The van der Waals surface area contributed by atoms with E-state index in [1.54, 1.807) is 30.3 Å². The highest BCUT2D eigenvalue weighted by Crippen LogP contribution is 2.35. The van der Waals surface area contributed by atoms with Gasteiger partial charge < -0.3 is 10.1 Å². The lowest BCUT2D eigenvalue weighted by Gasteiger charge is -2.13. The van der Waals surface area contributed by atoms with Crippen molar-refractivity contribution < 1.29 is 18.7 Å². The molecule has 0 fully saturated rings. The molecule has 0 saturated heterocycles. The average molecular weight is 420 g/mol. The first kappa shape index (κ1) is 19.8. The summed E-state index contributed by atoms with van der Waals surface area (Å²) < 4.78 is 19.9. The van der Waals surface area contributed by atoms with Crippen molar-refractivity contribution >= 4 is 45.6 Å². The molecule has 0 saturated carbocycles. The Kier molecular flexibility index (Phi) is 5.63. The first-order chi connectivity index (χ1) is 14.5. The van der Waals surface area contributed by atoms with Gasteiger partial charge in [0.2, 0.25) is 5.91 Å². The van der Waals surface area contributed by atoms with E-state index in [9.17, 15) is 14.0 Å². The molecule has 3 aromatic rings. The van der Waals surface area contributed by atoms with Crippen molar-refractivity contribution in [3.05, 3.63) is 82.5 Å². The van der Waals surface area contributed by atoms with Crippen molar-refractivity contribution in [1.82, 2.24) is 5.32 Å². The molecule has 0 bridgehead atoms. The minimum Gasteiger partial charge on any atom is -0.488 e. The standard InChI is InChI=1S/C23H17FN2O3S/c1-14(27)25-23-26-22(28)21(30-23)12-18-17-8-4-2-6-15(17)10-11-20(18)29-13-16-7-3-5-9-19(16)24/h2-12H,13H2,1H3,(H,25,26,27,28)/b21-12-. The summed E-state index contributed by atoms with van der Waals surface area (Å²) in [5.74, 6) is -0.551. The van der Waals surface area contributed by atoms with Gasteiger partial charge in [-0.3, -0.25) is 9.59 Å². The molecule has 30 heavy (non-hydrogen) atoms. The zero-order valence-electron chi connectivity index (χ0n) is 16.0. The number of hydrogen-bond acceptors (Lipinski definition) is 4. The van der Waals surface area contributed by atoms with Crippen molar-refractivity contribution in [2.45, 2.75) is 13.5 Å². The average Bonchev–Trinajstić information content (AvgIpc) is 3.06. The molecule has 0 aliphatic carbocycles. The molecular formula is C23H17FN2O3S. The number of amidine groups is 1. The van der Waals surface area contributed by atoms with Gasteiger partial charge in [0.15, 0.2) is 5.17 Å². The number of rotatable bonds is 4. The third kappa shape index (κ3) is 4.26. The van der Waals surface area contributed by atoms with Gasteiger partial charge in [-0.25, -0.2) is 4.39 Å². The number of ether oxygens (including phenoxy) is 1. The van der Waals surface area contributed by atoms with Crippen molar-refractivity contribution in [2.75, 3.05) is 0 Å². The fraction of sp³-hybridized carbons (Fsp3) is 0.0870. The predicted molar refractivity (Wildman–Crippen MR) is 117 cm³/mol. The first-order valence-corrected chi connectivity index (χ1v) is 10.0. The summed E-state index contributed by atoms with van der Waals surface area (Å²) in [7, 11) is 0. The summed E-state index contributed by atoms with van der Waals surface area (Å²) in [6.45, 7) is 1.41. The number of aliphatic imine (C=N–C) groups is 1. The Hall–Kier alpha value is -3.45. The first-order valence-electron chi connectivity index (χ1n) is 9.19. The lowest BCUT2D eigenvalue weighted by Crippen LogP contribution is -2.23. The minimum atomic E-state index is -0.434. The van der Waals surface area contributed by atoms with E-state index in [0.717, 1.165) is 22.5 Å². The van der Waals surface area contributed by atoms with Crippen molar-refractivity contribution in [3.8, 4) is 5.75 Å². The van der Waals surface area contributed by atoms with Gasteiger partial charge in [0.25, 0.3) is 5.91 Å². The molecule has 2 amide bonds. The number of hydrogen-bond donors (Lipinski definition) is 1. The number of amides is 2. The van der Waals surface area contributed by atoms with Crippen LogP contribution in [0.1, 0.15) is 18.1 Å². The summed E-state index contributed by atoms with van der Waals surface area (Å²) in [5.41, 5.74) is 1.13. The maximum atomic E-state index is 14.0. The van der Waals surface area contributed by atoms with Crippen LogP contribution in [-0.4, -0.2) is 17.0 Å². The Morgan fingerprint density at radius 1 is 1.13 bits per heavy atom. The van der Waals surface area contributed by atoms with Gasteiger partial charge in [0.1, 0.15) is 18.2 Å². The van der Waals surface area contributed by atoms with Gasteiger partial charge in [0, 0.05) is 18.1 Å². The normalized spacial score (nSPS) is 14.8. The van der Waals surface area contributed by atoms with E-state index in [1.165, 1.54) is 13.0 Å². The molecule has 4 rings (SSSR count). The quantitative estimate of drug-likeness (QED) is 0.623. The second-order valence-electron chi connectivity index (χ2n) is 6.59. The molecule has 0 aromatic heterocycles. The van der Waals surface area contributed by atoms with Gasteiger partial charge in [-0.2, -0.15) is 4.99 Å². The molecule has 1 heterocycles. The summed E-state index contributed by atoms with van der Waals surface area (Å²) in [4.78, 5) is 27.8. The number of halogens is 1. The third-order valence-electron chi connectivity index (χ3n) is 4.45. The van der Waals surface area contributed by atoms with Crippen LogP contribution in [0.3, 0.4) is 0 Å². The van der Waals surface area contributed by atoms with Crippen LogP contribution < -0.4 is 10.1 Å². The highest BCUT2D eigenvalue weighted by atomic mass is 32.2. The lowest BCUT2D eigenvalue weighted by molar-refractivity contribution is -0.117. The SMILES string of the molecule is CC(=O)NC1=NC(=O)/C(=C/c2c(OCc3ccccc3F)ccc3ccccc23)S1. The second-order valence-corrected chi connectivity index (χ2v) is 7.62. The Bertz CT molecular complexity index is 1220. The van der Waals surface area contributed by atoms with Crippen LogP contribution in [0.15, 0.2) is 70.6 Å². The van der Waals surface area contributed by atoms with E-state index >= 15 is 0 Å². The Labute approximate surface area is 176 Å². The largest absolute Gasteiger partial charge is 0.488 e. The highest BCUT2D eigenvalue weighted by Gasteiger charge is 2.23. The van der Waals surface area contributed by atoms with E-state index in [-0.39, 0.29) is 23.5 Å². The maximum absolute atomic E-state index is 14.0. The molecule has 1 N–H and O–H groups in total. The van der Waals surface area contributed by atoms with E-state index in [0.29, 0.717) is 21.8 Å². The van der Waals surface area contributed by atoms with Crippen molar-refractivity contribution in [3.63, 3.8) is 0 Å². The molecule has 5 nitrogen and oxygen atoms in total. The number of thioether (sulfide) groups is 1. The van der Waals surface area contributed by atoms with Crippen LogP contribution in [0.25, 0.3) is 16.8 Å². The molecule has 1 aliphatic rings. The fourth-order valence-corrected chi connectivity index (χ4v) is 3.91. The summed E-state index contributed by atoms with van der Waals surface area (Å²) in [5, 5.41) is 4.64. The Morgan fingerprint density at radius 3 is 2.70 bits per heavy atom. The van der Waals surface area contributed by atoms with Crippen LogP contribution in [0.5, 0.6) is 5.75 Å². The number of benzene rings is 3. The smallest absolute Gasteiger partial charge is 0.286 e. The topological polar surface area (TPSA) is 67.8 Å². The molecule has 1 aliphatic heterocycles. The molecule has 0 radical (unpaired) electrons. The minimum absolute atomic E-state index is 0.0515. The van der Waals surface area contributed by atoms with Crippen LogP contribution in [0.2, 0.25) is 0 Å². The molecule has 3 aromatic carbocycles. The Balaban J connectivity index is 1.70. The number of nitrogens with zero attached hydrogens (tertiary/aromatic N) is 1. The monoisotopic (exact) mass is 420 g/mol. The second kappa shape index (κ2) is 8.51. The van der Waals surface area contributed by atoms with Crippen LogP contribution >= 0.6 is 11.8 Å². The van der Waals surface area contributed by atoms with Crippen molar-refractivity contribution in [1.29, 1.82) is 0 Å². The number of carbonyl (C=O) groups excluding carboxylic acids is 2. The predicted octanol–water partition coefficient (Wildman–Crippen LogP) is 4.66. The van der Waals surface area contributed by atoms with E-state index < -0.39 is 5.91 Å². The third-order valence-corrected chi connectivity index (χ3v) is 5.35. The number of carbonyl (C=O) groups is 2. The van der Waals surface area contributed by atoms with Crippen molar-refractivity contribution in [2.24, 2.45) is 4.99 Å².